The fourth-order valence-corrected chi connectivity index (χ4v) is 3.42. The Labute approximate surface area is 191 Å². The van der Waals surface area contributed by atoms with Gasteiger partial charge in [0.05, 0.1) is 26.9 Å². The second kappa shape index (κ2) is 9.48. The van der Waals surface area contributed by atoms with Crippen molar-refractivity contribution in [3.8, 4) is 28.7 Å². The number of Topliss-reactive ketones (excluding diaryl/α,β-unsaturated/α-hetero) is 2. The Kier molecular flexibility index (Phi) is 6.31. The molecule has 0 N–H and O–H groups in total. The van der Waals surface area contributed by atoms with Crippen molar-refractivity contribution in [2.24, 2.45) is 0 Å². The highest BCUT2D eigenvalue weighted by Gasteiger charge is 2.28. The molecule has 168 valence electrons. The Morgan fingerprint density at radius 2 is 1.58 bits per heavy atom. The van der Waals surface area contributed by atoms with Crippen molar-refractivity contribution in [1.82, 2.24) is 0 Å². The lowest BCUT2D eigenvalue weighted by Gasteiger charge is -2.12. The van der Waals surface area contributed by atoms with Gasteiger partial charge in [-0.1, -0.05) is 30.3 Å². The highest BCUT2D eigenvalue weighted by atomic mass is 16.5. The Morgan fingerprint density at radius 3 is 2.27 bits per heavy atom. The molecule has 0 saturated heterocycles. The normalized spacial score (nSPS) is 13.3. The van der Waals surface area contributed by atoms with E-state index in [1.54, 1.807) is 60.7 Å². The van der Waals surface area contributed by atoms with Crippen molar-refractivity contribution in [2.45, 2.75) is 0 Å². The summed E-state index contributed by atoms with van der Waals surface area (Å²) in [6.45, 7) is -0.123. The second-order valence-electron chi connectivity index (χ2n) is 7.12. The summed E-state index contributed by atoms with van der Waals surface area (Å²) < 4.78 is 27.5. The first-order valence-electron chi connectivity index (χ1n) is 10.1. The Bertz CT molecular complexity index is 1230. The third-order valence-electron chi connectivity index (χ3n) is 5.13. The molecule has 1 aliphatic heterocycles. The van der Waals surface area contributed by atoms with Crippen LogP contribution in [-0.4, -0.2) is 39.5 Å². The van der Waals surface area contributed by atoms with Crippen LogP contribution in [0, 0.1) is 0 Å². The van der Waals surface area contributed by atoms with Gasteiger partial charge in [-0.2, -0.15) is 0 Å². The molecular weight excluding hydrogens is 424 g/mol. The zero-order valence-corrected chi connectivity index (χ0v) is 18.4. The molecule has 33 heavy (non-hydrogen) atoms. The van der Waals surface area contributed by atoms with Gasteiger partial charge < -0.3 is 23.7 Å². The second-order valence-corrected chi connectivity index (χ2v) is 7.12. The SMILES string of the molecule is COc1cc(OC)c(OC)cc1C=C1Oc2cc(OCC(=O)c3ccccc3)ccc2C1=O. The fourth-order valence-electron chi connectivity index (χ4n) is 3.42. The summed E-state index contributed by atoms with van der Waals surface area (Å²) in [5.74, 6) is 2.00. The number of benzene rings is 3. The summed E-state index contributed by atoms with van der Waals surface area (Å²) in [7, 11) is 4.58. The van der Waals surface area contributed by atoms with Crippen molar-refractivity contribution in [1.29, 1.82) is 0 Å². The summed E-state index contributed by atoms with van der Waals surface area (Å²) in [5, 5.41) is 0. The van der Waals surface area contributed by atoms with E-state index in [1.807, 2.05) is 6.07 Å². The first-order chi connectivity index (χ1) is 16.0. The fraction of sp³-hybridized carbons (Fsp3) is 0.154. The predicted molar refractivity (Wildman–Crippen MR) is 122 cm³/mol. The molecule has 1 heterocycles. The van der Waals surface area contributed by atoms with Crippen molar-refractivity contribution in [3.05, 3.63) is 83.1 Å². The Balaban J connectivity index is 1.54. The van der Waals surface area contributed by atoms with E-state index in [2.05, 4.69) is 0 Å². The van der Waals surface area contributed by atoms with E-state index in [9.17, 15) is 9.59 Å². The summed E-state index contributed by atoms with van der Waals surface area (Å²) in [6.07, 6.45) is 1.59. The van der Waals surface area contributed by atoms with E-state index in [1.165, 1.54) is 21.3 Å². The van der Waals surface area contributed by atoms with Crippen LogP contribution >= 0.6 is 0 Å². The van der Waals surface area contributed by atoms with Gasteiger partial charge >= 0.3 is 0 Å². The predicted octanol–water partition coefficient (Wildman–Crippen LogP) is 4.59. The van der Waals surface area contributed by atoms with Crippen LogP contribution in [0.2, 0.25) is 0 Å². The molecule has 7 heteroatoms. The molecule has 0 fully saturated rings. The average Bonchev–Trinajstić information content (AvgIpc) is 3.16. The van der Waals surface area contributed by atoms with Gasteiger partial charge in [0.1, 0.15) is 17.2 Å². The van der Waals surface area contributed by atoms with Crippen LogP contribution in [0.5, 0.6) is 28.7 Å². The number of carbonyl (C=O) groups is 2. The van der Waals surface area contributed by atoms with E-state index in [0.29, 0.717) is 45.4 Å². The molecule has 0 unspecified atom stereocenters. The van der Waals surface area contributed by atoms with E-state index in [-0.39, 0.29) is 23.9 Å². The van der Waals surface area contributed by atoms with Crippen molar-refractivity contribution < 1.29 is 33.3 Å². The summed E-state index contributed by atoms with van der Waals surface area (Å²) in [5.41, 5.74) is 1.57. The van der Waals surface area contributed by atoms with Gasteiger partial charge in [-0.3, -0.25) is 9.59 Å². The number of rotatable bonds is 8. The lowest BCUT2D eigenvalue weighted by atomic mass is 10.1. The third kappa shape index (κ3) is 4.52. The maximum Gasteiger partial charge on any atom is 0.231 e. The van der Waals surface area contributed by atoms with Gasteiger partial charge in [-0.15, -0.1) is 0 Å². The van der Waals surface area contributed by atoms with Crippen molar-refractivity contribution in [3.63, 3.8) is 0 Å². The molecule has 0 atom stereocenters. The lowest BCUT2D eigenvalue weighted by Crippen LogP contribution is -2.11. The van der Waals surface area contributed by atoms with Gasteiger partial charge in [0.2, 0.25) is 5.78 Å². The number of ketones is 2. The standard InChI is InChI=1S/C26H22O7/c1-29-21-14-24(31-3)23(30-2)11-17(21)12-25-26(28)19-10-9-18(13-22(19)33-25)32-15-20(27)16-7-5-4-6-8-16/h4-14H,15H2,1-3H3. The molecule has 0 spiro atoms. The molecule has 0 aliphatic carbocycles. The third-order valence-corrected chi connectivity index (χ3v) is 5.13. The van der Waals surface area contributed by atoms with Crippen LogP contribution in [0.4, 0.5) is 0 Å². The largest absolute Gasteiger partial charge is 0.496 e. The van der Waals surface area contributed by atoms with Crippen LogP contribution in [0.3, 0.4) is 0 Å². The van der Waals surface area contributed by atoms with Gasteiger partial charge in [-0.25, -0.2) is 0 Å². The molecule has 0 bridgehead atoms. The number of hydrogen-bond acceptors (Lipinski definition) is 7. The van der Waals surface area contributed by atoms with E-state index < -0.39 is 0 Å². The molecule has 0 aromatic heterocycles. The van der Waals surface area contributed by atoms with Gasteiger partial charge in [0.15, 0.2) is 29.6 Å². The first-order valence-corrected chi connectivity index (χ1v) is 10.1. The van der Waals surface area contributed by atoms with E-state index in [0.717, 1.165) is 0 Å². The van der Waals surface area contributed by atoms with Crippen LogP contribution in [0.1, 0.15) is 26.3 Å². The van der Waals surface area contributed by atoms with Gasteiger partial charge in [-0.05, 0) is 24.3 Å². The number of fused-ring (bicyclic) bond motifs is 1. The molecular formula is C26H22O7. The minimum absolute atomic E-state index is 0.123. The molecule has 0 saturated carbocycles. The van der Waals surface area contributed by atoms with Crippen molar-refractivity contribution in [2.75, 3.05) is 27.9 Å². The molecule has 0 radical (unpaired) electrons. The molecule has 3 aromatic rings. The summed E-state index contributed by atoms with van der Waals surface area (Å²) >= 11 is 0. The first kappa shape index (κ1) is 22.0. The highest BCUT2D eigenvalue weighted by molar-refractivity contribution is 6.14. The quantitative estimate of drug-likeness (QED) is 0.370. The van der Waals surface area contributed by atoms with Crippen LogP contribution < -0.4 is 23.7 Å². The molecule has 1 aliphatic rings. The number of carbonyl (C=O) groups excluding carboxylic acids is 2. The zero-order valence-electron chi connectivity index (χ0n) is 18.4. The Morgan fingerprint density at radius 1 is 0.879 bits per heavy atom. The Hall–Kier alpha value is -4.26. The number of hydrogen-bond donors (Lipinski definition) is 0. The minimum Gasteiger partial charge on any atom is -0.496 e. The maximum atomic E-state index is 12.9. The number of ether oxygens (including phenoxy) is 5. The molecule has 0 amide bonds. The smallest absolute Gasteiger partial charge is 0.231 e. The summed E-state index contributed by atoms with van der Waals surface area (Å²) in [4.78, 5) is 25.1. The number of methoxy groups -OCH3 is 3. The van der Waals surface area contributed by atoms with E-state index >= 15 is 0 Å². The molecule has 4 rings (SSSR count). The minimum atomic E-state index is -0.270. The summed E-state index contributed by atoms with van der Waals surface area (Å²) in [6, 6.07) is 17.1. The van der Waals surface area contributed by atoms with Crippen LogP contribution in [0.15, 0.2) is 66.4 Å². The maximum absolute atomic E-state index is 12.9. The van der Waals surface area contributed by atoms with Crippen LogP contribution in [-0.2, 0) is 0 Å². The molecule has 7 nitrogen and oxygen atoms in total. The van der Waals surface area contributed by atoms with E-state index in [4.69, 9.17) is 23.7 Å². The van der Waals surface area contributed by atoms with Gasteiger partial charge in [0, 0.05) is 23.3 Å². The van der Waals surface area contributed by atoms with Crippen LogP contribution in [0.25, 0.3) is 6.08 Å². The lowest BCUT2D eigenvalue weighted by molar-refractivity contribution is 0.0921. The average molecular weight is 446 g/mol. The number of allylic oxidation sites excluding steroid dienone is 1. The topological polar surface area (TPSA) is 80.3 Å². The van der Waals surface area contributed by atoms with Crippen molar-refractivity contribution >= 4 is 17.6 Å². The zero-order chi connectivity index (χ0) is 23.4. The highest BCUT2D eigenvalue weighted by Crippen LogP contribution is 2.39. The monoisotopic (exact) mass is 446 g/mol. The van der Waals surface area contributed by atoms with Gasteiger partial charge in [0.25, 0.3) is 0 Å². The molecule has 3 aromatic carbocycles.